The molecule has 6 nitrogen and oxygen atoms in total. The first-order valence-electron chi connectivity index (χ1n) is 4.58. The largest absolute Gasteiger partial charge is 0.508 e. The summed E-state index contributed by atoms with van der Waals surface area (Å²) < 4.78 is 0. The van der Waals surface area contributed by atoms with Crippen molar-refractivity contribution in [3.63, 3.8) is 0 Å². The average molecular weight is 223 g/mol. The fourth-order valence-electron chi connectivity index (χ4n) is 1.31. The van der Waals surface area contributed by atoms with Crippen molar-refractivity contribution in [1.82, 2.24) is 0 Å². The van der Waals surface area contributed by atoms with Crippen LogP contribution in [0.1, 0.15) is 15.9 Å². The zero-order valence-electron chi connectivity index (χ0n) is 8.51. The van der Waals surface area contributed by atoms with Crippen LogP contribution in [0.4, 0.5) is 0 Å². The predicted molar refractivity (Wildman–Crippen MR) is 57.5 cm³/mol. The Kier molecular flexibility index (Phi) is 3.47. The van der Waals surface area contributed by atoms with E-state index in [9.17, 15) is 14.7 Å². The smallest absolute Gasteiger partial charge is 0.249 e. The highest BCUT2D eigenvalue weighted by Crippen LogP contribution is 2.17. The summed E-state index contributed by atoms with van der Waals surface area (Å²) in [6.07, 6.45) is 0.105. The first kappa shape index (κ1) is 12.0. The molecule has 2 amide bonds. The third-order valence-electron chi connectivity index (χ3n) is 2.16. The van der Waals surface area contributed by atoms with Gasteiger partial charge in [-0.1, -0.05) is 6.07 Å². The molecule has 0 unspecified atom stereocenters. The predicted octanol–water partition coefficient (Wildman–Crippen LogP) is -1.15. The van der Waals surface area contributed by atoms with E-state index in [-0.39, 0.29) is 17.7 Å². The van der Waals surface area contributed by atoms with E-state index in [1.807, 2.05) is 0 Å². The number of hydrogen-bond acceptors (Lipinski definition) is 4. The monoisotopic (exact) mass is 223 g/mol. The summed E-state index contributed by atoms with van der Waals surface area (Å²) in [6.45, 7) is 0. The van der Waals surface area contributed by atoms with E-state index in [2.05, 4.69) is 0 Å². The number of carbonyl (C=O) groups is 2. The molecule has 0 aromatic heterocycles. The maximum Gasteiger partial charge on any atom is 0.249 e. The van der Waals surface area contributed by atoms with Crippen molar-refractivity contribution in [2.24, 2.45) is 17.2 Å². The molecule has 1 aromatic carbocycles. The van der Waals surface area contributed by atoms with Gasteiger partial charge in [0.1, 0.15) is 5.75 Å². The minimum Gasteiger partial charge on any atom is -0.508 e. The molecular weight excluding hydrogens is 210 g/mol. The number of hydrogen-bond donors (Lipinski definition) is 4. The molecule has 6 heteroatoms. The Bertz CT molecular complexity index is 431. The molecule has 0 fully saturated rings. The van der Waals surface area contributed by atoms with Gasteiger partial charge < -0.3 is 22.3 Å². The van der Waals surface area contributed by atoms with Crippen molar-refractivity contribution in [2.45, 2.75) is 12.5 Å². The van der Waals surface area contributed by atoms with Crippen LogP contribution in [-0.2, 0) is 11.2 Å². The van der Waals surface area contributed by atoms with E-state index in [4.69, 9.17) is 17.2 Å². The van der Waals surface area contributed by atoms with Gasteiger partial charge in [-0.2, -0.15) is 0 Å². The fourth-order valence-corrected chi connectivity index (χ4v) is 1.31. The van der Waals surface area contributed by atoms with Gasteiger partial charge in [0.25, 0.3) is 0 Å². The lowest BCUT2D eigenvalue weighted by Gasteiger charge is -2.10. The summed E-state index contributed by atoms with van der Waals surface area (Å²) in [5.74, 6) is -1.43. The molecule has 7 N–H and O–H groups in total. The number of carbonyl (C=O) groups excluding carboxylic acids is 2. The SMILES string of the molecule is NC(=O)c1cc(O)ccc1C[C@H](N)C(N)=O. The summed E-state index contributed by atoms with van der Waals surface area (Å²) in [6, 6.07) is 3.21. The second kappa shape index (κ2) is 4.63. The first-order chi connectivity index (χ1) is 7.41. The minimum absolute atomic E-state index is 0.0785. The van der Waals surface area contributed by atoms with Gasteiger partial charge in [0.2, 0.25) is 11.8 Å². The maximum atomic E-state index is 11.1. The Morgan fingerprint density at radius 2 is 1.94 bits per heavy atom. The van der Waals surface area contributed by atoms with E-state index in [0.29, 0.717) is 5.56 Å². The van der Waals surface area contributed by atoms with Crippen LogP contribution >= 0.6 is 0 Å². The molecule has 0 saturated heterocycles. The van der Waals surface area contributed by atoms with Gasteiger partial charge in [-0.05, 0) is 24.1 Å². The highest BCUT2D eigenvalue weighted by Gasteiger charge is 2.15. The Morgan fingerprint density at radius 1 is 1.31 bits per heavy atom. The fraction of sp³-hybridized carbons (Fsp3) is 0.200. The maximum absolute atomic E-state index is 11.1. The van der Waals surface area contributed by atoms with Crippen LogP contribution in [-0.4, -0.2) is 23.0 Å². The zero-order chi connectivity index (χ0) is 12.3. The lowest BCUT2D eigenvalue weighted by Crippen LogP contribution is -2.38. The highest BCUT2D eigenvalue weighted by molar-refractivity contribution is 5.95. The molecule has 86 valence electrons. The number of phenolic OH excluding ortho intramolecular Hbond substituents is 1. The lowest BCUT2D eigenvalue weighted by atomic mass is 9.99. The van der Waals surface area contributed by atoms with Crippen molar-refractivity contribution in [3.05, 3.63) is 29.3 Å². The number of aromatic hydroxyl groups is 1. The van der Waals surface area contributed by atoms with Crippen molar-refractivity contribution in [3.8, 4) is 5.75 Å². The number of rotatable bonds is 4. The number of primary amides is 2. The van der Waals surface area contributed by atoms with Crippen LogP contribution in [0, 0.1) is 0 Å². The highest BCUT2D eigenvalue weighted by atomic mass is 16.3. The van der Waals surface area contributed by atoms with Gasteiger partial charge in [0.15, 0.2) is 0 Å². The molecule has 1 atom stereocenters. The van der Waals surface area contributed by atoms with E-state index in [0.717, 1.165) is 0 Å². The molecule has 1 aromatic rings. The third-order valence-corrected chi connectivity index (χ3v) is 2.16. The van der Waals surface area contributed by atoms with E-state index in [1.54, 1.807) is 0 Å². The molecule has 16 heavy (non-hydrogen) atoms. The van der Waals surface area contributed by atoms with Crippen molar-refractivity contribution < 1.29 is 14.7 Å². The Balaban J connectivity index is 3.04. The molecule has 0 spiro atoms. The van der Waals surface area contributed by atoms with Crippen LogP contribution in [0.15, 0.2) is 18.2 Å². The van der Waals surface area contributed by atoms with E-state index in [1.165, 1.54) is 18.2 Å². The molecule has 0 radical (unpaired) electrons. The molecule has 0 aliphatic rings. The summed E-state index contributed by atoms with van der Waals surface area (Å²) >= 11 is 0. The standard InChI is InChI=1S/C10H13N3O3/c11-8(10(13)16)3-5-1-2-6(14)4-7(5)9(12)15/h1-2,4,8,14H,3,11H2,(H2,12,15)(H2,13,16)/t8-/m0/s1. The quantitative estimate of drug-likeness (QED) is 0.512. The van der Waals surface area contributed by atoms with Gasteiger partial charge in [0.05, 0.1) is 6.04 Å². The second-order valence-corrected chi connectivity index (χ2v) is 3.42. The second-order valence-electron chi connectivity index (χ2n) is 3.42. The van der Waals surface area contributed by atoms with Gasteiger partial charge in [0, 0.05) is 5.56 Å². The van der Waals surface area contributed by atoms with Gasteiger partial charge in [-0.15, -0.1) is 0 Å². The third kappa shape index (κ3) is 2.71. The van der Waals surface area contributed by atoms with Gasteiger partial charge in [-0.3, -0.25) is 9.59 Å². The molecule has 1 rings (SSSR count). The summed E-state index contributed by atoms with van der Waals surface area (Å²) in [4.78, 5) is 21.9. The number of amides is 2. The van der Waals surface area contributed by atoms with E-state index >= 15 is 0 Å². The minimum atomic E-state index is -0.886. The van der Waals surface area contributed by atoms with Crippen molar-refractivity contribution in [1.29, 1.82) is 0 Å². The number of phenols is 1. The Hall–Kier alpha value is -2.08. The molecule has 0 bridgehead atoms. The first-order valence-corrected chi connectivity index (χ1v) is 4.58. The van der Waals surface area contributed by atoms with Crippen LogP contribution in [0.5, 0.6) is 5.75 Å². The lowest BCUT2D eigenvalue weighted by molar-refractivity contribution is -0.119. The Labute approximate surface area is 92.0 Å². The molecule has 0 saturated carbocycles. The van der Waals surface area contributed by atoms with Crippen LogP contribution in [0.2, 0.25) is 0 Å². The van der Waals surface area contributed by atoms with Gasteiger partial charge >= 0.3 is 0 Å². The van der Waals surface area contributed by atoms with Crippen LogP contribution < -0.4 is 17.2 Å². The van der Waals surface area contributed by atoms with Crippen LogP contribution in [0.3, 0.4) is 0 Å². The zero-order valence-corrected chi connectivity index (χ0v) is 8.51. The number of nitrogens with two attached hydrogens (primary N) is 3. The molecule has 0 heterocycles. The summed E-state index contributed by atoms with van der Waals surface area (Å²) in [5, 5.41) is 9.20. The summed E-state index contributed by atoms with van der Waals surface area (Å²) in [7, 11) is 0. The summed E-state index contributed by atoms with van der Waals surface area (Å²) in [5.41, 5.74) is 16.2. The number of benzene rings is 1. The normalized spacial score (nSPS) is 12.1. The molecule has 0 aliphatic heterocycles. The van der Waals surface area contributed by atoms with E-state index < -0.39 is 17.9 Å². The van der Waals surface area contributed by atoms with Crippen LogP contribution in [0.25, 0.3) is 0 Å². The van der Waals surface area contributed by atoms with Crippen molar-refractivity contribution >= 4 is 11.8 Å². The van der Waals surface area contributed by atoms with Gasteiger partial charge in [-0.25, -0.2) is 0 Å². The Morgan fingerprint density at radius 3 is 2.44 bits per heavy atom. The molecular formula is C10H13N3O3. The topological polar surface area (TPSA) is 132 Å². The molecule has 0 aliphatic carbocycles. The average Bonchev–Trinajstić information content (AvgIpc) is 2.20. The van der Waals surface area contributed by atoms with Crippen molar-refractivity contribution in [2.75, 3.05) is 0 Å².